The molecule has 134 valence electrons. The van der Waals surface area contributed by atoms with E-state index < -0.39 is 9.84 Å². The molecule has 0 saturated carbocycles. The smallest absolute Gasteiger partial charge is 0.315 e. The number of nitrogens with one attached hydrogen (secondary N) is 2. The molecule has 0 aromatic carbocycles. The molecule has 0 aromatic rings. The summed E-state index contributed by atoms with van der Waals surface area (Å²) in [6.07, 6.45) is 1.52. The Morgan fingerprint density at radius 3 is 2.57 bits per heavy atom. The molecular weight excluding hydrogens is 318 g/mol. The van der Waals surface area contributed by atoms with Crippen molar-refractivity contribution in [1.29, 1.82) is 0 Å². The number of morpholine rings is 1. The van der Waals surface area contributed by atoms with Crippen LogP contribution in [0.25, 0.3) is 0 Å². The largest absolute Gasteiger partial charge is 0.379 e. The molecule has 0 radical (unpaired) electrons. The minimum Gasteiger partial charge on any atom is -0.379 e. The Kier molecular flexibility index (Phi) is 6.67. The van der Waals surface area contributed by atoms with E-state index in [0.717, 1.165) is 32.7 Å². The van der Waals surface area contributed by atoms with Crippen molar-refractivity contribution in [2.24, 2.45) is 5.92 Å². The second-order valence-corrected chi connectivity index (χ2v) is 9.11. The summed E-state index contributed by atoms with van der Waals surface area (Å²) in [5.74, 6) is 0.772. The van der Waals surface area contributed by atoms with Gasteiger partial charge in [-0.05, 0) is 18.8 Å². The maximum absolute atomic E-state index is 12.0. The first-order valence-electron chi connectivity index (χ1n) is 8.42. The molecule has 8 heteroatoms. The molecule has 2 saturated heterocycles. The number of rotatable bonds is 6. The van der Waals surface area contributed by atoms with Crippen LogP contribution in [0.1, 0.15) is 26.7 Å². The number of ether oxygens (including phenoxy) is 1. The molecule has 2 amide bonds. The summed E-state index contributed by atoms with van der Waals surface area (Å²) in [6, 6.07) is -0.238. The van der Waals surface area contributed by atoms with E-state index in [0.29, 0.717) is 18.9 Å². The molecule has 2 aliphatic rings. The number of nitrogens with zero attached hydrogens (tertiary/aromatic N) is 1. The SMILES string of the molecule is CC(C)C[C@@H](CNC(=O)N[C@H]1CCS(=O)(=O)C1)N1CCOCC1. The summed E-state index contributed by atoms with van der Waals surface area (Å²) in [4.78, 5) is 14.4. The van der Waals surface area contributed by atoms with Gasteiger partial charge < -0.3 is 15.4 Å². The summed E-state index contributed by atoms with van der Waals surface area (Å²) >= 11 is 0. The van der Waals surface area contributed by atoms with Crippen LogP contribution in [0.3, 0.4) is 0 Å². The Hall–Kier alpha value is -0.860. The number of urea groups is 1. The van der Waals surface area contributed by atoms with Gasteiger partial charge in [-0.2, -0.15) is 0 Å². The number of amides is 2. The van der Waals surface area contributed by atoms with E-state index >= 15 is 0 Å². The van der Waals surface area contributed by atoms with Crippen molar-refractivity contribution in [3.8, 4) is 0 Å². The fraction of sp³-hybridized carbons (Fsp3) is 0.933. The summed E-state index contributed by atoms with van der Waals surface area (Å²) in [6.45, 7) is 8.18. The molecule has 2 rings (SSSR count). The molecule has 0 bridgehead atoms. The van der Waals surface area contributed by atoms with E-state index in [9.17, 15) is 13.2 Å². The maximum atomic E-state index is 12.0. The zero-order chi connectivity index (χ0) is 16.9. The van der Waals surface area contributed by atoms with Crippen molar-refractivity contribution < 1.29 is 17.9 Å². The van der Waals surface area contributed by atoms with Gasteiger partial charge in [-0.1, -0.05) is 13.8 Å². The van der Waals surface area contributed by atoms with Crippen LogP contribution < -0.4 is 10.6 Å². The predicted octanol–water partition coefficient (Wildman–Crippen LogP) is 0.220. The van der Waals surface area contributed by atoms with Gasteiger partial charge in [0.05, 0.1) is 24.7 Å². The topological polar surface area (TPSA) is 87.7 Å². The van der Waals surface area contributed by atoms with Gasteiger partial charge in [0.15, 0.2) is 9.84 Å². The van der Waals surface area contributed by atoms with Gasteiger partial charge in [0.1, 0.15) is 0 Å². The highest BCUT2D eigenvalue weighted by molar-refractivity contribution is 7.91. The van der Waals surface area contributed by atoms with Gasteiger partial charge >= 0.3 is 6.03 Å². The molecule has 2 heterocycles. The Bertz CT molecular complexity index is 489. The number of carbonyl (C=O) groups is 1. The average molecular weight is 347 g/mol. The van der Waals surface area contributed by atoms with Crippen LogP contribution in [0.5, 0.6) is 0 Å². The quantitative estimate of drug-likeness (QED) is 0.718. The van der Waals surface area contributed by atoms with Crippen LogP contribution in [0.4, 0.5) is 4.79 Å². The van der Waals surface area contributed by atoms with E-state index in [4.69, 9.17) is 4.74 Å². The number of sulfone groups is 1. The molecule has 0 spiro atoms. The molecule has 7 nitrogen and oxygen atoms in total. The third-order valence-electron chi connectivity index (χ3n) is 4.37. The Balaban J connectivity index is 1.79. The van der Waals surface area contributed by atoms with Crippen LogP contribution in [0.2, 0.25) is 0 Å². The molecule has 0 unspecified atom stereocenters. The zero-order valence-electron chi connectivity index (χ0n) is 14.1. The summed E-state index contributed by atoms with van der Waals surface area (Å²) in [5.41, 5.74) is 0. The van der Waals surface area contributed by atoms with Crippen LogP contribution in [0, 0.1) is 5.92 Å². The van der Waals surface area contributed by atoms with Crippen molar-refractivity contribution in [3.05, 3.63) is 0 Å². The van der Waals surface area contributed by atoms with Gasteiger partial charge in [0.2, 0.25) is 0 Å². The minimum atomic E-state index is -2.97. The van der Waals surface area contributed by atoms with Crippen molar-refractivity contribution in [1.82, 2.24) is 15.5 Å². The van der Waals surface area contributed by atoms with Crippen LogP contribution in [0.15, 0.2) is 0 Å². The lowest BCUT2D eigenvalue weighted by Crippen LogP contribution is -2.51. The maximum Gasteiger partial charge on any atom is 0.315 e. The summed E-state index contributed by atoms with van der Waals surface area (Å²) in [5, 5.41) is 5.69. The van der Waals surface area contributed by atoms with Crippen LogP contribution >= 0.6 is 0 Å². The van der Waals surface area contributed by atoms with Gasteiger partial charge in [0.25, 0.3) is 0 Å². The van der Waals surface area contributed by atoms with Crippen molar-refractivity contribution in [2.45, 2.75) is 38.8 Å². The summed E-state index contributed by atoms with van der Waals surface area (Å²) in [7, 11) is -2.97. The van der Waals surface area contributed by atoms with Gasteiger partial charge in [0, 0.05) is 31.7 Å². The molecule has 0 aromatic heterocycles. The first-order chi connectivity index (χ1) is 10.9. The molecule has 2 N–H and O–H groups in total. The lowest BCUT2D eigenvalue weighted by molar-refractivity contribution is 0.0129. The van der Waals surface area contributed by atoms with Crippen molar-refractivity contribution in [2.75, 3.05) is 44.4 Å². The van der Waals surface area contributed by atoms with Crippen LogP contribution in [-0.2, 0) is 14.6 Å². The lowest BCUT2D eigenvalue weighted by Gasteiger charge is -2.35. The molecule has 2 aliphatic heterocycles. The molecular formula is C15H29N3O4S. The molecule has 23 heavy (non-hydrogen) atoms. The van der Waals surface area contributed by atoms with Gasteiger partial charge in [-0.15, -0.1) is 0 Å². The van der Waals surface area contributed by atoms with Crippen molar-refractivity contribution in [3.63, 3.8) is 0 Å². The fourth-order valence-corrected chi connectivity index (χ4v) is 4.88. The molecule has 0 aliphatic carbocycles. The first-order valence-corrected chi connectivity index (χ1v) is 10.2. The predicted molar refractivity (Wildman–Crippen MR) is 89.2 cm³/mol. The fourth-order valence-electron chi connectivity index (χ4n) is 3.20. The van der Waals surface area contributed by atoms with Gasteiger partial charge in [-0.25, -0.2) is 13.2 Å². The number of carbonyl (C=O) groups excluding carboxylic acids is 1. The van der Waals surface area contributed by atoms with E-state index in [2.05, 4.69) is 29.4 Å². The number of hydrogen-bond acceptors (Lipinski definition) is 5. The van der Waals surface area contributed by atoms with E-state index in [1.165, 1.54) is 0 Å². The van der Waals surface area contributed by atoms with Gasteiger partial charge in [-0.3, -0.25) is 4.90 Å². The van der Waals surface area contributed by atoms with E-state index in [1.54, 1.807) is 0 Å². The second kappa shape index (κ2) is 8.30. The Labute approximate surface area is 139 Å². The van der Waals surface area contributed by atoms with Crippen molar-refractivity contribution >= 4 is 15.9 Å². The minimum absolute atomic E-state index is 0.0549. The highest BCUT2D eigenvalue weighted by Crippen LogP contribution is 2.13. The monoisotopic (exact) mass is 347 g/mol. The Morgan fingerprint density at radius 2 is 2.00 bits per heavy atom. The summed E-state index contributed by atoms with van der Waals surface area (Å²) < 4.78 is 28.2. The molecule has 2 atom stereocenters. The zero-order valence-corrected chi connectivity index (χ0v) is 14.9. The Morgan fingerprint density at radius 1 is 1.30 bits per heavy atom. The van der Waals surface area contributed by atoms with E-state index in [-0.39, 0.29) is 29.6 Å². The highest BCUT2D eigenvalue weighted by Gasteiger charge is 2.29. The number of hydrogen-bond donors (Lipinski definition) is 2. The second-order valence-electron chi connectivity index (χ2n) is 6.89. The van der Waals surface area contributed by atoms with E-state index in [1.807, 2.05) is 0 Å². The normalized spacial score (nSPS) is 26.1. The van der Waals surface area contributed by atoms with Crippen LogP contribution in [-0.4, -0.2) is 75.8 Å². The lowest BCUT2D eigenvalue weighted by atomic mass is 10.0. The standard InChI is InChI=1S/C15H29N3O4S/c1-12(2)9-14(18-4-6-22-7-5-18)10-16-15(19)17-13-3-8-23(20,21)11-13/h12-14H,3-11H2,1-2H3,(H2,16,17,19)/t13-,14-/m0/s1. The molecule has 2 fully saturated rings. The third kappa shape index (κ3) is 6.27. The average Bonchev–Trinajstić information content (AvgIpc) is 2.83. The third-order valence-corrected chi connectivity index (χ3v) is 6.14. The first kappa shape index (κ1) is 18.5. The highest BCUT2D eigenvalue weighted by atomic mass is 32.2.